The van der Waals surface area contributed by atoms with Crippen molar-refractivity contribution in [3.8, 4) is 0 Å². The molecule has 0 aliphatic rings. The average molecular weight is 300 g/mol. The van der Waals surface area contributed by atoms with Gasteiger partial charge in [0.15, 0.2) is 0 Å². The first kappa shape index (κ1) is 19.4. The number of carbonyl (C=O) groups excluding carboxylic acids is 2. The predicted molar refractivity (Wildman–Crippen MR) is 80.9 cm³/mol. The van der Waals surface area contributed by atoms with Crippen molar-refractivity contribution in [1.29, 1.82) is 0 Å². The number of unbranched alkanes of at least 4 members (excludes halogenated alkanes) is 1. The van der Waals surface area contributed by atoms with Gasteiger partial charge in [0.1, 0.15) is 0 Å². The number of carboxylic acid groups (broad SMARTS) is 1. The summed E-state index contributed by atoms with van der Waals surface area (Å²) in [6.07, 6.45) is 4.53. The number of urea groups is 1. The number of hydrogen-bond acceptors (Lipinski definition) is 3. The van der Waals surface area contributed by atoms with Crippen LogP contribution < -0.4 is 10.6 Å². The van der Waals surface area contributed by atoms with E-state index in [1.54, 1.807) is 0 Å². The van der Waals surface area contributed by atoms with Gasteiger partial charge < -0.3 is 10.4 Å². The summed E-state index contributed by atoms with van der Waals surface area (Å²) in [6, 6.07) is -0.494. The van der Waals surface area contributed by atoms with E-state index in [1.165, 1.54) is 13.8 Å². The van der Waals surface area contributed by atoms with Gasteiger partial charge in [-0.25, -0.2) is 4.79 Å². The summed E-state index contributed by atoms with van der Waals surface area (Å²) >= 11 is 0. The number of amides is 3. The summed E-state index contributed by atoms with van der Waals surface area (Å²) in [5.41, 5.74) is -1.19. The lowest BCUT2D eigenvalue weighted by atomic mass is 9.89. The molecule has 1 unspecified atom stereocenters. The first-order valence-corrected chi connectivity index (χ1v) is 7.56. The minimum atomic E-state index is -1.19. The minimum Gasteiger partial charge on any atom is -0.481 e. The zero-order valence-corrected chi connectivity index (χ0v) is 13.5. The van der Waals surface area contributed by atoms with Crippen LogP contribution in [0.1, 0.15) is 66.2 Å². The Balaban J connectivity index is 4.33. The predicted octanol–water partition coefficient (Wildman–Crippen LogP) is 2.67. The minimum absolute atomic E-state index is 0.0511. The number of carbonyl (C=O) groups is 3. The maximum atomic E-state index is 11.8. The molecule has 6 nitrogen and oxygen atoms in total. The second kappa shape index (κ2) is 9.37. The molecule has 0 saturated heterocycles. The molecule has 21 heavy (non-hydrogen) atoms. The number of carboxylic acids is 1. The van der Waals surface area contributed by atoms with Crippen LogP contribution in [0.4, 0.5) is 4.79 Å². The second-order valence-electron chi connectivity index (χ2n) is 6.02. The molecule has 0 saturated carbocycles. The molecule has 0 aliphatic heterocycles. The number of aliphatic carboxylic acids is 1. The van der Waals surface area contributed by atoms with Crippen molar-refractivity contribution in [2.45, 2.75) is 72.3 Å². The van der Waals surface area contributed by atoms with Gasteiger partial charge in [-0.2, -0.15) is 0 Å². The molecule has 0 bridgehead atoms. The van der Waals surface area contributed by atoms with Crippen LogP contribution in [0.25, 0.3) is 0 Å². The van der Waals surface area contributed by atoms with Gasteiger partial charge in [-0.1, -0.05) is 33.1 Å². The van der Waals surface area contributed by atoms with Crippen molar-refractivity contribution in [2.24, 2.45) is 5.41 Å². The van der Waals surface area contributed by atoms with Crippen LogP contribution in [0.2, 0.25) is 0 Å². The lowest BCUT2D eigenvalue weighted by Crippen LogP contribution is -2.46. The Labute approximate surface area is 126 Å². The molecule has 122 valence electrons. The first-order chi connectivity index (χ1) is 9.72. The molecule has 6 heteroatoms. The highest BCUT2D eigenvalue weighted by molar-refractivity contribution is 5.96. The van der Waals surface area contributed by atoms with Crippen LogP contribution in [-0.4, -0.2) is 29.1 Å². The van der Waals surface area contributed by atoms with Gasteiger partial charge in [0.05, 0.1) is 5.41 Å². The molecule has 0 aromatic rings. The number of imide groups is 1. The van der Waals surface area contributed by atoms with Gasteiger partial charge in [-0.3, -0.25) is 14.9 Å². The van der Waals surface area contributed by atoms with E-state index in [4.69, 9.17) is 5.11 Å². The molecule has 3 amide bonds. The van der Waals surface area contributed by atoms with Crippen molar-refractivity contribution >= 4 is 17.9 Å². The summed E-state index contributed by atoms with van der Waals surface area (Å²) < 4.78 is 0. The molecule has 0 radical (unpaired) electrons. The summed E-state index contributed by atoms with van der Waals surface area (Å²) in [6.45, 7) is 7.03. The zero-order chi connectivity index (χ0) is 16.5. The molecule has 0 aromatic carbocycles. The van der Waals surface area contributed by atoms with E-state index in [2.05, 4.69) is 17.6 Å². The fourth-order valence-corrected chi connectivity index (χ4v) is 1.96. The van der Waals surface area contributed by atoms with Crippen molar-refractivity contribution in [3.63, 3.8) is 0 Å². The topological polar surface area (TPSA) is 95.5 Å². The van der Waals surface area contributed by atoms with Gasteiger partial charge in [0, 0.05) is 12.5 Å². The lowest BCUT2D eigenvalue weighted by Gasteiger charge is -2.20. The van der Waals surface area contributed by atoms with Gasteiger partial charge in [-0.15, -0.1) is 0 Å². The number of rotatable bonds is 9. The smallest absolute Gasteiger partial charge is 0.321 e. The third-order valence-corrected chi connectivity index (χ3v) is 3.31. The first-order valence-electron chi connectivity index (χ1n) is 7.56. The number of nitrogens with one attached hydrogen (secondary N) is 2. The van der Waals surface area contributed by atoms with Crippen molar-refractivity contribution in [3.05, 3.63) is 0 Å². The lowest BCUT2D eigenvalue weighted by molar-refractivity contribution is -0.149. The monoisotopic (exact) mass is 300 g/mol. The molecule has 3 N–H and O–H groups in total. The molecular formula is C15H28N2O4. The molecule has 0 aliphatic carbocycles. The fraction of sp³-hybridized carbons (Fsp3) is 0.800. The molecule has 0 fully saturated rings. The van der Waals surface area contributed by atoms with Crippen LogP contribution in [0, 0.1) is 5.41 Å². The normalized spacial score (nSPS) is 12.6. The molecule has 0 spiro atoms. The van der Waals surface area contributed by atoms with Crippen LogP contribution in [0.3, 0.4) is 0 Å². The van der Waals surface area contributed by atoms with Crippen LogP contribution in [0.5, 0.6) is 0 Å². The van der Waals surface area contributed by atoms with E-state index in [0.29, 0.717) is 0 Å². The highest BCUT2D eigenvalue weighted by Crippen LogP contribution is 2.19. The second-order valence-corrected chi connectivity index (χ2v) is 6.02. The van der Waals surface area contributed by atoms with E-state index in [1.807, 2.05) is 6.92 Å². The van der Waals surface area contributed by atoms with Gasteiger partial charge in [0.2, 0.25) is 5.91 Å². The van der Waals surface area contributed by atoms with Crippen LogP contribution in [-0.2, 0) is 9.59 Å². The Morgan fingerprint density at radius 2 is 1.71 bits per heavy atom. The third-order valence-electron chi connectivity index (χ3n) is 3.31. The standard InChI is InChI=1S/C15H28N2O4/c1-5-7-9-11(8-6-2)16-14(21)17-12(18)10-15(3,4)13(19)20/h11H,5-10H2,1-4H3,(H,19,20)(H2,16,17,18,21). The highest BCUT2D eigenvalue weighted by Gasteiger charge is 2.30. The Morgan fingerprint density at radius 3 is 2.19 bits per heavy atom. The summed E-state index contributed by atoms with van der Waals surface area (Å²) in [5.74, 6) is -1.64. The van der Waals surface area contributed by atoms with E-state index in [-0.39, 0.29) is 12.5 Å². The molecule has 0 aromatic heterocycles. The van der Waals surface area contributed by atoms with Gasteiger partial charge >= 0.3 is 12.0 Å². The van der Waals surface area contributed by atoms with Crippen molar-refractivity contribution in [1.82, 2.24) is 10.6 Å². The maximum absolute atomic E-state index is 11.8. The van der Waals surface area contributed by atoms with E-state index in [0.717, 1.165) is 32.1 Å². The third kappa shape index (κ3) is 8.32. The molecular weight excluding hydrogens is 272 g/mol. The van der Waals surface area contributed by atoms with Crippen molar-refractivity contribution < 1.29 is 19.5 Å². The van der Waals surface area contributed by atoms with Gasteiger partial charge in [0.25, 0.3) is 0 Å². The van der Waals surface area contributed by atoms with E-state index in [9.17, 15) is 14.4 Å². The molecule has 1 atom stereocenters. The summed E-state index contributed by atoms with van der Waals surface area (Å²) in [7, 11) is 0. The van der Waals surface area contributed by atoms with Crippen molar-refractivity contribution in [2.75, 3.05) is 0 Å². The van der Waals surface area contributed by atoms with Crippen LogP contribution in [0.15, 0.2) is 0 Å². The summed E-state index contributed by atoms with van der Waals surface area (Å²) in [5, 5.41) is 13.9. The van der Waals surface area contributed by atoms with E-state index < -0.39 is 23.3 Å². The quantitative estimate of drug-likeness (QED) is 0.610. The average Bonchev–Trinajstić information content (AvgIpc) is 2.34. The highest BCUT2D eigenvalue weighted by atomic mass is 16.4. The Kier molecular flexibility index (Phi) is 8.66. The SMILES string of the molecule is CCCCC(CCC)NC(=O)NC(=O)CC(C)(C)C(=O)O. The fourth-order valence-electron chi connectivity index (χ4n) is 1.96. The maximum Gasteiger partial charge on any atom is 0.321 e. The van der Waals surface area contributed by atoms with Crippen LogP contribution >= 0.6 is 0 Å². The zero-order valence-electron chi connectivity index (χ0n) is 13.5. The summed E-state index contributed by atoms with van der Waals surface area (Å²) in [4.78, 5) is 34.4. The van der Waals surface area contributed by atoms with Gasteiger partial charge in [-0.05, 0) is 26.7 Å². The molecule has 0 rings (SSSR count). The Morgan fingerprint density at radius 1 is 1.10 bits per heavy atom. The Hall–Kier alpha value is -1.59. The Bertz CT molecular complexity index is 367. The molecule has 0 heterocycles. The van der Waals surface area contributed by atoms with E-state index >= 15 is 0 Å². The number of hydrogen-bond donors (Lipinski definition) is 3. The largest absolute Gasteiger partial charge is 0.481 e.